The first-order chi connectivity index (χ1) is 14.6. The van der Waals surface area contributed by atoms with Crippen LogP contribution in [0.2, 0.25) is 0 Å². The fourth-order valence-corrected chi connectivity index (χ4v) is 4.68. The molecule has 0 aliphatic heterocycles. The molecule has 182 valence electrons. The lowest BCUT2D eigenvalue weighted by molar-refractivity contribution is 0.193. The van der Waals surface area contributed by atoms with Crippen molar-refractivity contribution in [3.8, 4) is 0 Å². The summed E-state index contributed by atoms with van der Waals surface area (Å²) >= 11 is 3.50. The molecule has 0 radical (unpaired) electrons. The SMILES string of the molecule is O=P(O)(O)OCCCCCCCCCCCCCCCCCCCCCCCCBr. The Bertz CT molecular complexity index is 376. The maximum atomic E-state index is 10.5. The Hall–Kier alpha value is 0.590. The summed E-state index contributed by atoms with van der Waals surface area (Å²) < 4.78 is 15.0. The largest absolute Gasteiger partial charge is 0.469 e. The van der Waals surface area contributed by atoms with E-state index in [1.165, 1.54) is 127 Å². The first-order valence-corrected chi connectivity index (χ1v) is 15.5. The maximum Gasteiger partial charge on any atom is 0.469 e. The minimum Gasteiger partial charge on any atom is -0.303 e. The second kappa shape index (κ2) is 24.2. The summed E-state index contributed by atoms with van der Waals surface area (Å²) in [6.45, 7) is 0.169. The molecule has 30 heavy (non-hydrogen) atoms. The molecule has 6 heteroatoms. The van der Waals surface area contributed by atoms with Crippen LogP contribution in [0.3, 0.4) is 0 Å². The van der Waals surface area contributed by atoms with Crippen molar-refractivity contribution in [2.75, 3.05) is 11.9 Å². The highest BCUT2D eigenvalue weighted by molar-refractivity contribution is 9.09. The average molecular weight is 514 g/mol. The Morgan fingerprint density at radius 1 is 0.467 bits per heavy atom. The average Bonchev–Trinajstić information content (AvgIpc) is 2.70. The molecular weight excluding hydrogens is 463 g/mol. The Morgan fingerprint density at radius 3 is 0.933 bits per heavy atom. The van der Waals surface area contributed by atoms with E-state index in [0.29, 0.717) is 0 Å². The fraction of sp³-hybridized carbons (Fsp3) is 1.00. The van der Waals surface area contributed by atoms with E-state index in [4.69, 9.17) is 9.79 Å². The zero-order chi connectivity index (χ0) is 22.2. The molecule has 0 rings (SSSR count). The Kier molecular flexibility index (Phi) is 24.7. The number of rotatable bonds is 25. The van der Waals surface area contributed by atoms with Crippen LogP contribution in [0.25, 0.3) is 0 Å². The lowest BCUT2D eigenvalue weighted by Crippen LogP contribution is -1.92. The maximum absolute atomic E-state index is 10.5. The second-order valence-corrected chi connectivity index (χ2v) is 10.8. The third kappa shape index (κ3) is 28.6. The molecule has 0 aromatic heterocycles. The minimum absolute atomic E-state index is 0.169. The van der Waals surface area contributed by atoms with Crippen LogP contribution in [0.1, 0.15) is 141 Å². The molecule has 0 bridgehead atoms. The van der Waals surface area contributed by atoms with E-state index in [-0.39, 0.29) is 6.61 Å². The molecule has 0 saturated carbocycles. The molecule has 4 nitrogen and oxygen atoms in total. The van der Waals surface area contributed by atoms with E-state index in [1.807, 2.05) is 0 Å². The Morgan fingerprint density at radius 2 is 0.700 bits per heavy atom. The minimum atomic E-state index is -4.26. The van der Waals surface area contributed by atoms with Gasteiger partial charge >= 0.3 is 7.82 Å². The number of halogens is 1. The summed E-state index contributed by atoms with van der Waals surface area (Å²) in [5.41, 5.74) is 0. The van der Waals surface area contributed by atoms with Crippen LogP contribution in [0, 0.1) is 0 Å². The number of hydrogen-bond acceptors (Lipinski definition) is 2. The fourth-order valence-electron chi connectivity index (χ4n) is 3.92. The second-order valence-electron chi connectivity index (χ2n) is 8.79. The van der Waals surface area contributed by atoms with Crippen molar-refractivity contribution in [3.05, 3.63) is 0 Å². The summed E-state index contributed by atoms with van der Waals surface area (Å²) in [7, 11) is -4.26. The van der Waals surface area contributed by atoms with Gasteiger partial charge in [0.1, 0.15) is 0 Å². The molecule has 0 amide bonds. The predicted octanol–water partition coefficient (Wildman–Crippen LogP) is 9.07. The third-order valence-electron chi connectivity index (χ3n) is 5.79. The quantitative estimate of drug-likeness (QED) is 0.0726. The summed E-state index contributed by atoms with van der Waals surface area (Å²) in [5.74, 6) is 0. The van der Waals surface area contributed by atoms with Crippen LogP contribution in [-0.2, 0) is 9.09 Å². The van der Waals surface area contributed by atoms with Crippen molar-refractivity contribution in [1.29, 1.82) is 0 Å². The van der Waals surface area contributed by atoms with Crippen LogP contribution >= 0.6 is 23.8 Å². The Balaban J connectivity index is 3.03. The number of alkyl halides is 1. The van der Waals surface area contributed by atoms with Crippen LogP contribution in [0.15, 0.2) is 0 Å². The molecular formula is C24H50BrO4P. The zero-order valence-electron chi connectivity index (χ0n) is 19.5. The van der Waals surface area contributed by atoms with Gasteiger partial charge in [-0.15, -0.1) is 0 Å². The van der Waals surface area contributed by atoms with Gasteiger partial charge in [0.25, 0.3) is 0 Å². The molecule has 0 saturated heterocycles. The Labute approximate surface area is 195 Å². The van der Waals surface area contributed by atoms with Crippen LogP contribution in [-0.4, -0.2) is 21.7 Å². The first-order valence-electron chi connectivity index (χ1n) is 12.8. The zero-order valence-corrected chi connectivity index (χ0v) is 22.0. The standard InChI is InChI=1S/C24H50BrO4P/c25-23-21-19-17-15-13-11-9-7-5-3-1-2-4-6-8-10-12-14-16-18-20-22-24-29-30(26,27)28/h1-24H2,(H2,26,27,28). The number of phosphoric ester groups is 1. The summed E-state index contributed by atoms with van der Waals surface area (Å²) in [6, 6.07) is 0. The van der Waals surface area contributed by atoms with Crippen molar-refractivity contribution in [3.63, 3.8) is 0 Å². The summed E-state index contributed by atoms with van der Waals surface area (Å²) in [4.78, 5) is 17.2. The highest BCUT2D eigenvalue weighted by Gasteiger charge is 2.12. The van der Waals surface area contributed by atoms with Gasteiger partial charge in [-0.2, -0.15) is 0 Å². The van der Waals surface area contributed by atoms with Gasteiger partial charge in [0.2, 0.25) is 0 Å². The highest BCUT2D eigenvalue weighted by Crippen LogP contribution is 2.35. The van der Waals surface area contributed by atoms with Gasteiger partial charge in [-0.05, 0) is 12.8 Å². The van der Waals surface area contributed by atoms with Gasteiger partial charge in [0.05, 0.1) is 6.61 Å². The molecule has 0 spiro atoms. The topological polar surface area (TPSA) is 66.8 Å². The number of hydrogen-bond donors (Lipinski definition) is 2. The van der Waals surface area contributed by atoms with E-state index in [1.54, 1.807) is 0 Å². The molecule has 0 aliphatic rings. The molecule has 2 N–H and O–H groups in total. The lowest BCUT2D eigenvalue weighted by Gasteiger charge is -2.05. The monoisotopic (exact) mass is 512 g/mol. The molecule has 0 aliphatic carbocycles. The molecule has 0 aromatic carbocycles. The van der Waals surface area contributed by atoms with Gasteiger partial charge in [-0.1, -0.05) is 144 Å². The summed E-state index contributed by atoms with van der Waals surface area (Å²) in [5, 5.41) is 1.17. The van der Waals surface area contributed by atoms with E-state index in [2.05, 4.69) is 20.5 Å². The van der Waals surface area contributed by atoms with Crippen molar-refractivity contribution in [1.82, 2.24) is 0 Å². The molecule has 0 atom stereocenters. The van der Waals surface area contributed by atoms with Crippen molar-refractivity contribution >= 4 is 23.8 Å². The molecule has 0 fully saturated rings. The van der Waals surface area contributed by atoms with Gasteiger partial charge in [0, 0.05) is 5.33 Å². The van der Waals surface area contributed by atoms with Crippen molar-refractivity contribution in [2.45, 2.75) is 141 Å². The summed E-state index contributed by atoms with van der Waals surface area (Å²) in [6.07, 6.45) is 29.4. The lowest BCUT2D eigenvalue weighted by atomic mass is 10.0. The van der Waals surface area contributed by atoms with Gasteiger partial charge in [-0.3, -0.25) is 4.52 Å². The van der Waals surface area contributed by atoms with Crippen LogP contribution < -0.4 is 0 Å². The smallest absolute Gasteiger partial charge is 0.303 e. The number of phosphoric acid groups is 1. The predicted molar refractivity (Wildman–Crippen MR) is 133 cm³/mol. The van der Waals surface area contributed by atoms with E-state index in [0.717, 1.165) is 19.3 Å². The molecule has 0 heterocycles. The first kappa shape index (κ1) is 30.6. The van der Waals surface area contributed by atoms with E-state index < -0.39 is 7.82 Å². The van der Waals surface area contributed by atoms with Crippen molar-refractivity contribution in [2.24, 2.45) is 0 Å². The van der Waals surface area contributed by atoms with Crippen molar-refractivity contribution < 1.29 is 18.9 Å². The highest BCUT2D eigenvalue weighted by atomic mass is 79.9. The molecule has 0 aromatic rings. The van der Waals surface area contributed by atoms with E-state index in [9.17, 15) is 4.57 Å². The normalized spacial score (nSPS) is 12.0. The van der Waals surface area contributed by atoms with Gasteiger partial charge in [0.15, 0.2) is 0 Å². The third-order valence-corrected chi connectivity index (χ3v) is 6.87. The van der Waals surface area contributed by atoms with Crippen LogP contribution in [0.4, 0.5) is 0 Å². The van der Waals surface area contributed by atoms with Gasteiger partial charge in [-0.25, -0.2) is 4.57 Å². The molecule has 0 unspecified atom stereocenters. The van der Waals surface area contributed by atoms with Crippen LogP contribution in [0.5, 0.6) is 0 Å². The number of unbranched alkanes of at least 4 members (excludes halogenated alkanes) is 21. The van der Waals surface area contributed by atoms with Gasteiger partial charge < -0.3 is 9.79 Å². The van der Waals surface area contributed by atoms with E-state index >= 15 is 0 Å².